The Morgan fingerprint density at radius 1 is 1.14 bits per heavy atom. The van der Waals surface area contributed by atoms with E-state index in [-0.39, 0.29) is 23.9 Å². The Kier molecular flexibility index (Phi) is 6.15. The predicted octanol–water partition coefficient (Wildman–Crippen LogP) is 2.96. The lowest BCUT2D eigenvalue weighted by Gasteiger charge is -2.09. The van der Waals surface area contributed by atoms with Crippen molar-refractivity contribution in [2.75, 3.05) is 0 Å². The van der Waals surface area contributed by atoms with E-state index >= 15 is 0 Å². The zero-order valence-corrected chi connectivity index (χ0v) is 18.4. The number of alkyl halides is 2. The molecule has 0 aromatic carbocycles. The maximum atomic E-state index is 12.8. The van der Waals surface area contributed by atoms with Gasteiger partial charge in [-0.2, -0.15) is 10.1 Å². The van der Waals surface area contributed by atoms with E-state index in [9.17, 15) is 8.78 Å². The predicted molar refractivity (Wildman–Crippen MR) is 115 cm³/mol. The van der Waals surface area contributed by atoms with Crippen LogP contribution in [-0.2, 0) is 19.7 Å². The summed E-state index contributed by atoms with van der Waals surface area (Å²) in [6.07, 6.45) is 4.95. The van der Waals surface area contributed by atoms with Crippen LogP contribution in [-0.4, -0.2) is 50.1 Å². The molecule has 0 atom stereocenters. The van der Waals surface area contributed by atoms with Crippen LogP contribution in [0.15, 0.2) is 53.8 Å². The average molecular weight is 480 g/mol. The van der Waals surface area contributed by atoms with Gasteiger partial charge in [-0.1, -0.05) is 5.16 Å². The minimum atomic E-state index is -2.59. The second kappa shape index (κ2) is 9.70. The number of nitrogens with zero attached hydrogens (tertiary/aromatic N) is 10. The van der Waals surface area contributed by atoms with Gasteiger partial charge in [0.1, 0.15) is 12.9 Å². The fourth-order valence-corrected chi connectivity index (χ4v) is 3.35. The average Bonchev–Trinajstić information content (AvgIpc) is 3.64. The van der Waals surface area contributed by atoms with E-state index in [0.29, 0.717) is 35.7 Å². The molecule has 5 aromatic rings. The summed E-state index contributed by atoms with van der Waals surface area (Å²) in [5.74, 6) is 0.817. The van der Waals surface area contributed by atoms with E-state index in [0.717, 1.165) is 11.8 Å². The molecule has 0 saturated heterocycles. The maximum Gasteiger partial charge on any atom is 0.265 e. The molecule has 12 nitrogen and oxygen atoms in total. The number of ether oxygens (including phenoxy) is 1. The number of aryl methyl sites for hydroxylation is 1. The van der Waals surface area contributed by atoms with Gasteiger partial charge in [0.05, 0.1) is 24.0 Å². The Labute approximate surface area is 196 Å². The van der Waals surface area contributed by atoms with Gasteiger partial charge in [-0.05, 0) is 35.0 Å². The Hall–Kier alpha value is -4.62. The first kappa shape index (κ1) is 22.2. The van der Waals surface area contributed by atoms with Crippen molar-refractivity contribution in [1.82, 2.24) is 50.1 Å². The van der Waals surface area contributed by atoms with Gasteiger partial charge in [0.2, 0.25) is 11.7 Å². The van der Waals surface area contributed by atoms with Crippen LogP contribution >= 0.6 is 0 Å². The van der Waals surface area contributed by atoms with Gasteiger partial charge in [0, 0.05) is 42.3 Å². The highest BCUT2D eigenvalue weighted by Crippen LogP contribution is 2.27. The lowest BCUT2D eigenvalue weighted by molar-refractivity contribution is 0.150. The van der Waals surface area contributed by atoms with Crippen LogP contribution in [0.5, 0.6) is 5.88 Å². The van der Waals surface area contributed by atoms with E-state index in [1.54, 1.807) is 28.0 Å². The largest absolute Gasteiger partial charge is 0.471 e. The van der Waals surface area contributed by atoms with Crippen LogP contribution in [0.2, 0.25) is 0 Å². The van der Waals surface area contributed by atoms with Crippen molar-refractivity contribution in [1.29, 1.82) is 0 Å². The van der Waals surface area contributed by atoms with Crippen molar-refractivity contribution in [2.24, 2.45) is 0 Å². The molecular formula is C21H18F2N10O2. The Morgan fingerprint density at radius 2 is 2.06 bits per heavy atom. The highest BCUT2D eigenvalue weighted by atomic mass is 19.3. The molecule has 0 amide bonds. The molecule has 0 aliphatic heterocycles. The smallest absolute Gasteiger partial charge is 0.265 e. The molecule has 0 bridgehead atoms. The van der Waals surface area contributed by atoms with E-state index in [4.69, 9.17) is 9.26 Å². The van der Waals surface area contributed by atoms with Crippen molar-refractivity contribution in [3.05, 3.63) is 66.1 Å². The molecule has 0 spiro atoms. The normalized spacial score (nSPS) is 11.3. The molecule has 0 aliphatic carbocycles. The standard InChI is InChI=1S/C21H18F2N10O2/c1-2-33-17(11-34-18-4-3-14(8-25-18)19(22)23)16(9-27-33)21-28-20(29-35-21)15-5-13(6-24-7-15)10-32-12-26-30-31-32/h3-9,12,19H,2,10-11H2,1H3. The molecule has 35 heavy (non-hydrogen) atoms. The SMILES string of the molecule is CCn1ncc(-c2nc(-c3cncc(Cn4cnnn4)c3)no2)c1COc1ccc(C(F)F)cn1. The van der Waals surface area contributed by atoms with Gasteiger partial charge in [-0.25, -0.2) is 18.4 Å². The monoisotopic (exact) mass is 480 g/mol. The first-order valence-corrected chi connectivity index (χ1v) is 10.5. The fourth-order valence-electron chi connectivity index (χ4n) is 3.35. The summed E-state index contributed by atoms with van der Waals surface area (Å²) in [5, 5.41) is 19.5. The van der Waals surface area contributed by atoms with Crippen LogP contribution in [0.4, 0.5) is 8.78 Å². The first-order valence-electron chi connectivity index (χ1n) is 10.5. The third-order valence-corrected chi connectivity index (χ3v) is 5.06. The number of tetrazole rings is 1. The van der Waals surface area contributed by atoms with Gasteiger partial charge in [-0.15, -0.1) is 5.10 Å². The quantitative estimate of drug-likeness (QED) is 0.310. The van der Waals surface area contributed by atoms with E-state index in [1.807, 2.05) is 13.0 Å². The molecule has 0 N–H and O–H groups in total. The van der Waals surface area contributed by atoms with Crippen LogP contribution in [0, 0.1) is 0 Å². The Morgan fingerprint density at radius 3 is 2.80 bits per heavy atom. The van der Waals surface area contributed by atoms with Gasteiger partial charge in [-0.3, -0.25) is 9.67 Å². The zero-order chi connectivity index (χ0) is 24.2. The first-order chi connectivity index (χ1) is 17.1. The van der Waals surface area contributed by atoms with Crippen molar-refractivity contribution in [3.63, 3.8) is 0 Å². The summed E-state index contributed by atoms with van der Waals surface area (Å²) in [6.45, 7) is 3.01. The van der Waals surface area contributed by atoms with Crippen molar-refractivity contribution in [2.45, 2.75) is 33.0 Å². The van der Waals surface area contributed by atoms with Crippen molar-refractivity contribution < 1.29 is 18.0 Å². The highest BCUT2D eigenvalue weighted by Gasteiger charge is 2.20. The fraction of sp³-hybridized carbons (Fsp3) is 0.238. The van der Waals surface area contributed by atoms with Crippen LogP contribution in [0.25, 0.3) is 22.8 Å². The highest BCUT2D eigenvalue weighted by molar-refractivity contribution is 5.60. The summed E-state index contributed by atoms with van der Waals surface area (Å²) in [6, 6.07) is 4.54. The molecule has 5 heterocycles. The van der Waals surface area contributed by atoms with E-state index in [1.165, 1.54) is 18.5 Å². The number of hydrogen-bond donors (Lipinski definition) is 0. The van der Waals surface area contributed by atoms with Crippen molar-refractivity contribution in [3.8, 4) is 28.7 Å². The van der Waals surface area contributed by atoms with Gasteiger partial charge < -0.3 is 9.26 Å². The summed E-state index contributed by atoms with van der Waals surface area (Å²) >= 11 is 0. The second-order valence-electron chi connectivity index (χ2n) is 7.35. The molecule has 0 radical (unpaired) electrons. The molecule has 0 saturated carbocycles. The molecule has 5 rings (SSSR count). The molecule has 14 heteroatoms. The summed E-state index contributed by atoms with van der Waals surface area (Å²) < 4.78 is 40.0. The lowest BCUT2D eigenvalue weighted by Crippen LogP contribution is -2.08. The number of halogens is 2. The van der Waals surface area contributed by atoms with Gasteiger partial charge >= 0.3 is 0 Å². The lowest BCUT2D eigenvalue weighted by atomic mass is 10.2. The number of pyridine rings is 2. The van der Waals surface area contributed by atoms with Gasteiger partial charge in [0.15, 0.2) is 0 Å². The maximum absolute atomic E-state index is 12.8. The van der Waals surface area contributed by atoms with Crippen LogP contribution in [0.3, 0.4) is 0 Å². The number of rotatable bonds is 9. The molecule has 5 aromatic heterocycles. The zero-order valence-electron chi connectivity index (χ0n) is 18.4. The third kappa shape index (κ3) is 4.85. The minimum Gasteiger partial charge on any atom is -0.471 e. The Bertz CT molecular complexity index is 1400. The molecular weight excluding hydrogens is 462 g/mol. The van der Waals surface area contributed by atoms with Crippen molar-refractivity contribution >= 4 is 0 Å². The Balaban J connectivity index is 1.36. The second-order valence-corrected chi connectivity index (χ2v) is 7.35. The molecule has 178 valence electrons. The minimum absolute atomic E-state index is 0.0743. The third-order valence-electron chi connectivity index (χ3n) is 5.06. The number of hydrogen-bond acceptors (Lipinski definition) is 10. The number of aromatic nitrogens is 10. The van der Waals surface area contributed by atoms with Crippen LogP contribution < -0.4 is 4.74 Å². The summed E-state index contributed by atoms with van der Waals surface area (Å²) in [5.41, 5.74) is 2.61. The molecule has 0 fully saturated rings. The topological polar surface area (TPSA) is 135 Å². The molecule has 0 aliphatic rings. The van der Waals surface area contributed by atoms with Gasteiger partial charge in [0.25, 0.3) is 12.3 Å². The van der Waals surface area contributed by atoms with E-state index in [2.05, 4.69) is 40.7 Å². The summed E-state index contributed by atoms with van der Waals surface area (Å²) in [4.78, 5) is 12.7. The van der Waals surface area contributed by atoms with Crippen LogP contribution in [0.1, 0.15) is 30.2 Å². The summed E-state index contributed by atoms with van der Waals surface area (Å²) in [7, 11) is 0. The molecule has 0 unspecified atom stereocenters. The van der Waals surface area contributed by atoms with E-state index < -0.39 is 6.43 Å².